The zero-order valence-electron chi connectivity index (χ0n) is 9.71. The van der Waals surface area contributed by atoms with Crippen molar-refractivity contribution in [3.8, 4) is 0 Å². The number of nitrogens with two attached hydrogens (primary N) is 1. The van der Waals surface area contributed by atoms with Crippen molar-refractivity contribution in [1.82, 2.24) is 19.6 Å². The van der Waals surface area contributed by atoms with E-state index in [1.165, 1.54) is 13.1 Å². The molecule has 2 unspecified atom stereocenters. The van der Waals surface area contributed by atoms with Crippen LogP contribution >= 0.6 is 0 Å². The molecule has 3 aliphatic heterocycles. The molecule has 0 amide bonds. The molecule has 5 heteroatoms. The Morgan fingerprint density at radius 1 is 1.38 bits per heavy atom. The van der Waals surface area contributed by atoms with Crippen molar-refractivity contribution in [2.45, 2.75) is 12.1 Å². The van der Waals surface area contributed by atoms with Crippen LogP contribution in [-0.2, 0) is 7.05 Å². The molecule has 0 aromatic carbocycles. The third kappa shape index (κ3) is 1.55. The number of piperazine rings is 3. The average molecular weight is 221 g/mol. The van der Waals surface area contributed by atoms with Gasteiger partial charge < -0.3 is 5.73 Å². The Bertz CT molecular complexity index is 366. The zero-order chi connectivity index (χ0) is 11.1. The van der Waals surface area contributed by atoms with E-state index in [1.807, 2.05) is 24.0 Å². The van der Waals surface area contributed by atoms with Crippen LogP contribution in [0.25, 0.3) is 0 Å². The van der Waals surface area contributed by atoms with Gasteiger partial charge in [0, 0.05) is 52.0 Å². The summed E-state index contributed by atoms with van der Waals surface area (Å²) in [5.41, 5.74) is 7.51. The van der Waals surface area contributed by atoms with Gasteiger partial charge in [-0.2, -0.15) is 5.10 Å². The SMILES string of the molecule is Cn1nccc1C(N)C1CN2CCN1CC2. The first-order chi connectivity index (χ1) is 7.75. The predicted octanol–water partition coefficient (Wildman–Crippen LogP) is -0.580. The van der Waals surface area contributed by atoms with Crippen LogP contribution in [-0.4, -0.2) is 58.3 Å². The van der Waals surface area contributed by atoms with Gasteiger partial charge in [-0.25, -0.2) is 0 Å². The van der Waals surface area contributed by atoms with E-state index in [-0.39, 0.29) is 6.04 Å². The molecule has 16 heavy (non-hydrogen) atoms. The number of hydrogen-bond acceptors (Lipinski definition) is 4. The minimum Gasteiger partial charge on any atom is -0.321 e. The first-order valence-corrected chi connectivity index (χ1v) is 5.95. The van der Waals surface area contributed by atoms with Crippen LogP contribution in [0.2, 0.25) is 0 Å². The van der Waals surface area contributed by atoms with Gasteiger partial charge in [-0.3, -0.25) is 14.5 Å². The summed E-state index contributed by atoms with van der Waals surface area (Å²) in [6.07, 6.45) is 1.83. The van der Waals surface area contributed by atoms with E-state index in [0.717, 1.165) is 25.3 Å². The highest BCUT2D eigenvalue weighted by Gasteiger charge is 2.36. The number of nitrogens with zero attached hydrogens (tertiary/aromatic N) is 4. The maximum Gasteiger partial charge on any atom is 0.0637 e. The lowest BCUT2D eigenvalue weighted by molar-refractivity contribution is 0.00113. The zero-order valence-corrected chi connectivity index (χ0v) is 9.71. The Hall–Kier alpha value is -0.910. The van der Waals surface area contributed by atoms with Gasteiger partial charge in [-0.15, -0.1) is 0 Å². The number of hydrogen-bond donors (Lipinski definition) is 1. The second kappa shape index (κ2) is 3.84. The Kier molecular flexibility index (Phi) is 2.46. The Balaban J connectivity index is 1.80. The predicted molar refractivity (Wildman–Crippen MR) is 61.9 cm³/mol. The van der Waals surface area contributed by atoms with Crippen LogP contribution in [0.4, 0.5) is 0 Å². The molecule has 0 aliphatic carbocycles. The molecule has 1 aromatic heterocycles. The third-order valence-electron chi connectivity index (χ3n) is 3.94. The summed E-state index contributed by atoms with van der Waals surface area (Å²) in [7, 11) is 1.96. The Morgan fingerprint density at radius 3 is 2.62 bits per heavy atom. The molecule has 0 spiro atoms. The minimum absolute atomic E-state index is 0.0793. The largest absolute Gasteiger partial charge is 0.321 e. The van der Waals surface area contributed by atoms with E-state index in [4.69, 9.17) is 5.73 Å². The normalized spacial score (nSPS) is 35.2. The molecule has 0 saturated carbocycles. The average Bonchev–Trinajstić information content (AvgIpc) is 2.76. The van der Waals surface area contributed by atoms with E-state index in [9.17, 15) is 0 Å². The number of aryl methyl sites for hydroxylation is 1. The highest BCUT2D eigenvalue weighted by molar-refractivity contribution is 5.11. The van der Waals surface area contributed by atoms with E-state index in [2.05, 4.69) is 14.9 Å². The summed E-state index contributed by atoms with van der Waals surface area (Å²) in [5, 5.41) is 4.20. The summed E-state index contributed by atoms with van der Waals surface area (Å²) >= 11 is 0. The number of aromatic nitrogens is 2. The molecule has 2 N–H and O–H groups in total. The molecule has 1 aromatic rings. The molecule has 3 fully saturated rings. The van der Waals surface area contributed by atoms with E-state index in [1.54, 1.807) is 0 Å². The van der Waals surface area contributed by atoms with Crippen LogP contribution in [0.3, 0.4) is 0 Å². The molecular weight excluding hydrogens is 202 g/mol. The van der Waals surface area contributed by atoms with Crippen molar-refractivity contribution in [1.29, 1.82) is 0 Å². The van der Waals surface area contributed by atoms with Crippen LogP contribution < -0.4 is 5.73 Å². The summed E-state index contributed by atoms with van der Waals surface area (Å²) in [4.78, 5) is 5.04. The first kappa shape index (κ1) is 10.3. The van der Waals surface area contributed by atoms with Crippen LogP contribution in [0.5, 0.6) is 0 Å². The van der Waals surface area contributed by atoms with Crippen molar-refractivity contribution in [3.05, 3.63) is 18.0 Å². The van der Waals surface area contributed by atoms with Gasteiger partial charge in [0.1, 0.15) is 0 Å². The lowest BCUT2D eigenvalue weighted by Crippen LogP contribution is -2.63. The lowest BCUT2D eigenvalue weighted by atomic mass is 9.98. The van der Waals surface area contributed by atoms with Gasteiger partial charge in [-0.05, 0) is 6.07 Å². The van der Waals surface area contributed by atoms with Gasteiger partial charge in [0.15, 0.2) is 0 Å². The third-order valence-corrected chi connectivity index (χ3v) is 3.94. The number of rotatable bonds is 2. The monoisotopic (exact) mass is 221 g/mol. The summed E-state index contributed by atoms with van der Waals surface area (Å²) < 4.78 is 1.89. The molecule has 4 heterocycles. The second-order valence-electron chi connectivity index (χ2n) is 4.81. The fraction of sp³-hybridized carbons (Fsp3) is 0.727. The quantitative estimate of drug-likeness (QED) is 0.726. The smallest absolute Gasteiger partial charge is 0.0637 e. The first-order valence-electron chi connectivity index (χ1n) is 5.95. The lowest BCUT2D eigenvalue weighted by Gasteiger charge is -2.49. The van der Waals surface area contributed by atoms with Gasteiger partial charge in [0.05, 0.1) is 11.7 Å². The van der Waals surface area contributed by atoms with Crippen molar-refractivity contribution in [2.24, 2.45) is 12.8 Å². The maximum absolute atomic E-state index is 6.37. The molecule has 0 radical (unpaired) electrons. The van der Waals surface area contributed by atoms with Gasteiger partial charge in [0.25, 0.3) is 0 Å². The number of fused-ring (bicyclic) bond motifs is 3. The summed E-state index contributed by atoms with van der Waals surface area (Å²) in [5.74, 6) is 0. The van der Waals surface area contributed by atoms with Crippen molar-refractivity contribution < 1.29 is 0 Å². The summed E-state index contributed by atoms with van der Waals surface area (Å²) in [6, 6.07) is 2.57. The van der Waals surface area contributed by atoms with Gasteiger partial charge in [0.2, 0.25) is 0 Å². The molecule has 2 atom stereocenters. The van der Waals surface area contributed by atoms with Gasteiger partial charge in [-0.1, -0.05) is 0 Å². The fourth-order valence-electron chi connectivity index (χ4n) is 2.91. The minimum atomic E-state index is 0.0793. The fourth-order valence-corrected chi connectivity index (χ4v) is 2.91. The molecule has 4 rings (SSSR count). The van der Waals surface area contributed by atoms with Crippen LogP contribution in [0.1, 0.15) is 11.7 Å². The van der Waals surface area contributed by atoms with Crippen molar-refractivity contribution in [2.75, 3.05) is 32.7 Å². The molecule has 5 nitrogen and oxygen atoms in total. The van der Waals surface area contributed by atoms with Crippen molar-refractivity contribution in [3.63, 3.8) is 0 Å². The van der Waals surface area contributed by atoms with Crippen LogP contribution in [0, 0.1) is 0 Å². The molecule has 3 aliphatic rings. The molecule has 3 saturated heterocycles. The highest BCUT2D eigenvalue weighted by Crippen LogP contribution is 2.24. The Morgan fingerprint density at radius 2 is 2.12 bits per heavy atom. The molecule has 88 valence electrons. The second-order valence-corrected chi connectivity index (χ2v) is 4.81. The van der Waals surface area contributed by atoms with Crippen molar-refractivity contribution >= 4 is 0 Å². The van der Waals surface area contributed by atoms with E-state index in [0.29, 0.717) is 6.04 Å². The topological polar surface area (TPSA) is 50.3 Å². The van der Waals surface area contributed by atoms with E-state index < -0.39 is 0 Å². The maximum atomic E-state index is 6.37. The molecular formula is C11H19N5. The highest BCUT2D eigenvalue weighted by atomic mass is 15.4. The standard InChI is InChI=1S/C11H19N5/c1-14-9(2-3-13-14)11(12)10-8-15-4-6-16(10)7-5-15/h2-3,10-11H,4-8,12H2,1H3. The Labute approximate surface area is 95.8 Å². The summed E-state index contributed by atoms with van der Waals surface area (Å²) in [6.45, 7) is 5.84. The van der Waals surface area contributed by atoms with Gasteiger partial charge >= 0.3 is 0 Å². The van der Waals surface area contributed by atoms with E-state index >= 15 is 0 Å². The van der Waals surface area contributed by atoms with Crippen LogP contribution in [0.15, 0.2) is 12.3 Å². The molecule has 2 bridgehead atoms.